The van der Waals surface area contributed by atoms with Crippen LogP contribution in [0.25, 0.3) is 0 Å². The summed E-state index contributed by atoms with van der Waals surface area (Å²) in [7, 11) is 0. The third kappa shape index (κ3) is 5.22. The van der Waals surface area contributed by atoms with E-state index in [0.29, 0.717) is 17.2 Å². The maximum atomic E-state index is 13.5. The third-order valence-corrected chi connectivity index (χ3v) is 4.61. The van der Waals surface area contributed by atoms with Gasteiger partial charge in [0.05, 0.1) is 13.2 Å². The van der Waals surface area contributed by atoms with Gasteiger partial charge in [0.25, 0.3) is 5.91 Å². The van der Waals surface area contributed by atoms with Crippen molar-refractivity contribution in [2.45, 2.75) is 6.61 Å². The number of hydrogen-bond donors (Lipinski definition) is 1. The molecule has 0 unspecified atom stereocenters. The summed E-state index contributed by atoms with van der Waals surface area (Å²) in [6.45, 7) is 4.76. The molecule has 2 heterocycles. The van der Waals surface area contributed by atoms with Crippen LogP contribution in [-0.2, 0) is 11.3 Å². The van der Waals surface area contributed by atoms with Crippen molar-refractivity contribution < 1.29 is 18.7 Å². The Balaban J connectivity index is 1.44. The second kappa shape index (κ2) is 8.89. The van der Waals surface area contributed by atoms with Crippen molar-refractivity contribution in [2.75, 3.05) is 39.4 Å². The molecule has 1 N–H and O–H groups in total. The van der Waals surface area contributed by atoms with Crippen LogP contribution < -0.4 is 10.1 Å². The van der Waals surface area contributed by atoms with Gasteiger partial charge in [0.15, 0.2) is 11.6 Å². The number of para-hydroxylation sites is 1. The first kappa shape index (κ1) is 17.8. The van der Waals surface area contributed by atoms with Crippen molar-refractivity contribution in [3.8, 4) is 5.75 Å². The zero-order chi connectivity index (χ0) is 17.5. The zero-order valence-corrected chi connectivity index (χ0v) is 14.6. The lowest BCUT2D eigenvalue weighted by Gasteiger charge is -2.26. The number of nitrogens with zero attached hydrogens (tertiary/aromatic N) is 2. The highest BCUT2D eigenvalue weighted by Gasteiger charge is 2.13. The van der Waals surface area contributed by atoms with Crippen LogP contribution in [0.4, 0.5) is 4.39 Å². The number of benzene rings is 1. The van der Waals surface area contributed by atoms with Gasteiger partial charge in [-0.05, 0) is 12.1 Å². The minimum Gasteiger partial charge on any atom is -0.483 e. The van der Waals surface area contributed by atoms with Gasteiger partial charge in [0.2, 0.25) is 0 Å². The lowest BCUT2D eigenvalue weighted by Crippen LogP contribution is -2.41. The largest absolute Gasteiger partial charge is 0.483 e. The van der Waals surface area contributed by atoms with Gasteiger partial charge >= 0.3 is 0 Å². The van der Waals surface area contributed by atoms with Crippen LogP contribution in [0.5, 0.6) is 5.75 Å². The van der Waals surface area contributed by atoms with Gasteiger partial charge in [-0.2, -0.15) is 0 Å². The highest BCUT2D eigenvalue weighted by atomic mass is 32.1. The van der Waals surface area contributed by atoms with Gasteiger partial charge in [0, 0.05) is 31.6 Å². The number of ether oxygens (including phenoxy) is 2. The van der Waals surface area contributed by atoms with Crippen LogP contribution >= 0.6 is 11.3 Å². The minimum absolute atomic E-state index is 0.132. The Bertz CT molecular complexity index is 704. The lowest BCUT2D eigenvalue weighted by molar-refractivity contribution is 0.0383. The van der Waals surface area contributed by atoms with E-state index >= 15 is 0 Å². The molecule has 8 heteroatoms. The predicted octanol–water partition coefficient (Wildman–Crippen LogP) is 1.92. The number of rotatable bonds is 7. The van der Waals surface area contributed by atoms with E-state index in [1.54, 1.807) is 23.6 Å². The standard InChI is InChI=1S/C17H20FN3O3S/c18-13-3-1-2-4-15(13)24-11-16-20-14(12-25-16)17(22)19-5-6-21-7-9-23-10-8-21/h1-4,12H,5-11H2,(H,19,22). The van der Waals surface area contributed by atoms with E-state index in [9.17, 15) is 9.18 Å². The fourth-order valence-electron chi connectivity index (χ4n) is 2.43. The molecule has 1 aromatic carbocycles. The normalized spacial score (nSPS) is 15.1. The van der Waals surface area contributed by atoms with Crippen LogP contribution in [0.15, 0.2) is 29.6 Å². The number of morpholine rings is 1. The molecule has 6 nitrogen and oxygen atoms in total. The predicted molar refractivity (Wildman–Crippen MR) is 92.4 cm³/mol. The number of hydrogen-bond acceptors (Lipinski definition) is 6. The molecule has 3 rings (SSSR count). The molecular formula is C17H20FN3O3S. The molecular weight excluding hydrogens is 345 g/mol. The van der Waals surface area contributed by atoms with Crippen LogP contribution in [0.2, 0.25) is 0 Å². The Kier molecular flexibility index (Phi) is 6.32. The first-order chi connectivity index (χ1) is 12.2. The Morgan fingerprint density at radius 1 is 1.36 bits per heavy atom. The minimum atomic E-state index is -0.417. The second-order valence-electron chi connectivity index (χ2n) is 5.56. The Morgan fingerprint density at radius 2 is 2.16 bits per heavy atom. The number of halogens is 1. The number of aromatic nitrogens is 1. The van der Waals surface area contributed by atoms with E-state index in [4.69, 9.17) is 9.47 Å². The summed E-state index contributed by atoms with van der Waals surface area (Å²) >= 11 is 1.32. The molecule has 25 heavy (non-hydrogen) atoms. The van der Waals surface area contributed by atoms with E-state index in [0.717, 1.165) is 32.8 Å². The van der Waals surface area contributed by atoms with E-state index in [1.165, 1.54) is 17.4 Å². The Labute approximate surface area is 149 Å². The smallest absolute Gasteiger partial charge is 0.270 e. The van der Waals surface area contributed by atoms with Gasteiger partial charge in [0.1, 0.15) is 17.3 Å². The number of nitrogens with one attached hydrogen (secondary N) is 1. The summed E-state index contributed by atoms with van der Waals surface area (Å²) in [5.74, 6) is -0.448. The van der Waals surface area contributed by atoms with Crippen molar-refractivity contribution in [3.63, 3.8) is 0 Å². The summed E-state index contributed by atoms with van der Waals surface area (Å²) < 4.78 is 24.2. The highest BCUT2D eigenvalue weighted by Crippen LogP contribution is 2.18. The van der Waals surface area contributed by atoms with E-state index in [1.807, 2.05) is 0 Å². The van der Waals surface area contributed by atoms with Gasteiger partial charge in [-0.3, -0.25) is 9.69 Å². The van der Waals surface area contributed by atoms with Gasteiger partial charge in [-0.25, -0.2) is 9.37 Å². The first-order valence-corrected chi connectivity index (χ1v) is 9.00. The molecule has 1 aliphatic rings. The van der Waals surface area contributed by atoms with Gasteiger partial charge in [-0.15, -0.1) is 11.3 Å². The summed E-state index contributed by atoms with van der Waals surface area (Å²) in [4.78, 5) is 18.6. The number of thiazole rings is 1. The Morgan fingerprint density at radius 3 is 2.96 bits per heavy atom. The average molecular weight is 365 g/mol. The van der Waals surface area contributed by atoms with Crippen molar-refractivity contribution in [1.29, 1.82) is 0 Å². The molecule has 0 bridgehead atoms. The molecule has 1 saturated heterocycles. The molecule has 0 saturated carbocycles. The summed E-state index contributed by atoms with van der Waals surface area (Å²) in [6.07, 6.45) is 0. The Hall–Kier alpha value is -2.03. The van der Waals surface area contributed by atoms with E-state index in [-0.39, 0.29) is 18.3 Å². The maximum Gasteiger partial charge on any atom is 0.270 e. The molecule has 0 spiro atoms. The average Bonchev–Trinajstić information content (AvgIpc) is 3.11. The first-order valence-electron chi connectivity index (χ1n) is 8.12. The second-order valence-corrected chi connectivity index (χ2v) is 6.50. The van der Waals surface area contributed by atoms with E-state index < -0.39 is 5.82 Å². The maximum absolute atomic E-state index is 13.5. The summed E-state index contributed by atoms with van der Waals surface area (Å²) in [5, 5.41) is 5.18. The monoisotopic (exact) mass is 365 g/mol. The topological polar surface area (TPSA) is 63.7 Å². The summed E-state index contributed by atoms with van der Waals surface area (Å²) in [5.41, 5.74) is 0.360. The SMILES string of the molecule is O=C(NCCN1CCOCC1)c1csc(COc2ccccc2F)n1. The molecule has 1 amide bonds. The van der Waals surface area contributed by atoms with Gasteiger partial charge < -0.3 is 14.8 Å². The number of carbonyl (C=O) groups is 1. The third-order valence-electron chi connectivity index (χ3n) is 3.79. The molecule has 0 aliphatic carbocycles. The van der Waals surface area contributed by atoms with Crippen LogP contribution in [-0.4, -0.2) is 55.2 Å². The highest BCUT2D eigenvalue weighted by molar-refractivity contribution is 7.09. The van der Waals surface area contributed by atoms with Crippen molar-refractivity contribution in [2.24, 2.45) is 0 Å². The molecule has 1 aliphatic heterocycles. The molecule has 134 valence electrons. The van der Waals surface area contributed by atoms with Crippen molar-refractivity contribution >= 4 is 17.2 Å². The zero-order valence-electron chi connectivity index (χ0n) is 13.7. The summed E-state index contributed by atoms with van der Waals surface area (Å²) in [6, 6.07) is 6.20. The van der Waals surface area contributed by atoms with Gasteiger partial charge in [-0.1, -0.05) is 12.1 Å². The fraction of sp³-hybridized carbons (Fsp3) is 0.412. The van der Waals surface area contributed by atoms with Crippen molar-refractivity contribution in [1.82, 2.24) is 15.2 Å². The molecule has 0 atom stereocenters. The van der Waals surface area contributed by atoms with Crippen LogP contribution in [0, 0.1) is 5.82 Å². The molecule has 1 aromatic heterocycles. The molecule has 1 fully saturated rings. The van der Waals surface area contributed by atoms with E-state index in [2.05, 4.69) is 15.2 Å². The molecule has 0 radical (unpaired) electrons. The quantitative estimate of drug-likeness (QED) is 0.812. The van der Waals surface area contributed by atoms with Crippen LogP contribution in [0.3, 0.4) is 0 Å². The van der Waals surface area contributed by atoms with Crippen molar-refractivity contribution in [3.05, 3.63) is 46.2 Å². The fourth-order valence-corrected chi connectivity index (χ4v) is 3.11. The lowest BCUT2D eigenvalue weighted by atomic mass is 10.3. The molecule has 2 aromatic rings. The number of carbonyl (C=O) groups excluding carboxylic acids is 1. The van der Waals surface area contributed by atoms with Crippen LogP contribution in [0.1, 0.15) is 15.5 Å². The number of amides is 1.